The van der Waals surface area contributed by atoms with Crippen LogP contribution in [0, 0.1) is 5.92 Å². The smallest absolute Gasteiger partial charge is 0.193 e. The number of likely N-dealkylation sites (tertiary alicyclic amines) is 1. The molecule has 6 nitrogen and oxygen atoms in total. The van der Waals surface area contributed by atoms with Gasteiger partial charge in [0.2, 0.25) is 0 Å². The van der Waals surface area contributed by atoms with Crippen molar-refractivity contribution in [1.82, 2.24) is 20.0 Å². The number of ether oxygens (including phenoxy) is 1. The van der Waals surface area contributed by atoms with Crippen LogP contribution in [-0.2, 0) is 23.6 Å². The molecular formula is C24H34ClN5O. The van der Waals surface area contributed by atoms with Crippen molar-refractivity contribution < 1.29 is 4.74 Å². The Morgan fingerprint density at radius 1 is 1.32 bits per heavy atom. The van der Waals surface area contributed by atoms with Gasteiger partial charge in [-0.25, -0.2) is 0 Å². The summed E-state index contributed by atoms with van der Waals surface area (Å²) in [5, 5.41) is 8.68. The van der Waals surface area contributed by atoms with Gasteiger partial charge in [-0.2, -0.15) is 5.10 Å². The molecule has 0 saturated carbocycles. The molecule has 2 fully saturated rings. The van der Waals surface area contributed by atoms with E-state index in [0.717, 1.165) is 69.6 Å². The van der Waals surface area contributed by atoms with Crippen molar-refractivity contribution in [3.63, 3.8) is 0 Å². The Bertz CT molecular complexity index is 890. The SMILES string of the molecule is CCNC(=NCC1(c2ccccc2Cl)CCOCC1)N1CCC(Cc2cnn(C)c2)C1. The first-order valence-electron chi connectivity index (χ1n) is 11.4. The molecule has 1 aromatic carbocycles. The molecule has 2 aliphatic rings. The van der Waals surface area contributed by atoms with E-state index in [1.54, 1.807) is 0 Å². The minimum atomic E-state index is -0.0634. The molecular weight excluding hydrogens is 410 g/mol. The van der Waals surface area contributed by atoms with Gasteiger partial charge in [0.15, 0.2) is 5.96 Å². The second kappa shape index (κ2) is 10.0. The molecule has 1 N–H and O–H groups in total. The maximum absolute atomic E-state index is 6.63. The van der Waals surface area contributed by atoms with Gasteiger partial charge in [-0.15, -0.1) is 0 Å². The lowest BCUT2D eigenvalue weighted by molar-refractivity contribution is 0.0530. The highest BCUT2D eigenvalue weighted by Crippen LogP contribution is 2.39. The highest BCUT2D eigenvalue weighted by atomic mass is 35.5. The average molecular weight is 444 g/mol. The van der Waals surface area contributed by atoms with Gasteiger partial charge in [0, 0.05) is 56.5 Å². The van der Waals surface area contributed by atoms with Crippen molar-refractivity contribution >= 4 is 17.6 Å². The Kier molecular flexibility index (Phi) is 7.18. The number of nitrogens with one attached hydrogen (secondary N) is 1. The molecule has 168 valence electrons. The number of hydrogen-bond acceptors (Lipinski definition) is 3. The number of aryl methyl sites for hydroxylation is 1. The summed E-state index contributed by atoms with van der Waals surface area (Å²) >= 11 is 6.63. The van der Waals surface area contributed by atoms with Gasteiger partial charge < -0.3 is 15.0 Å². The first kappa shape index (κ1) is 22.2. The normalized spacial score (nSPS) is 21.5. The Hall–Kier alpha value is -2.05. The summed E-state index contributed by atoms with van der Waals surface area (Å²) < 4.78 is 7.57. The number of aliphatic imine (C=N–C) groups is 1. The maximum Gasteiger partial charge on any atom is 0.193 e. The van der Waals surface area contributed by atoms with Crippen molar-refractivity contribution in [1.29, 1.82) is 0 Å². The Balaban J connectivity index is 1.49. The highest BCUT2D eigenvalue weighted by molar-refractivity contribution is 6.31. The zero-order chi connectivity index (χ0) is 21.7. The van der Waals surface area contributed by atoms with Gasteiger partial charge in [0.1, 0.15) is 0 Å². The van der Waals surface area contributed by atoms with E-state index >= 15 is 0 Å². The molecule has 2 aliphatic heterocycles. The van der Waals surface area contributed by atoms with E-state index in [4.69, 9.17) is 21.3 Å². The number of rotatable bonds is 6. The van der Waals surface area contributed by atoms with Crippen molar-refractivity contribution in [3.8, 4) is 0 Å². The fourth-order valence-electron chi connectivity index (χ4n) is 4.92. The molecule has 1 aromatic heterocycles. The second-order valence-electron chi connectivity index (χ2n) is 8.87. The minimum absolute atomic E-state index is 0.0634. The number of hydrogen-bond donors (Lipinski definition) is 1. The zero-order valence-corrected chi connectivity index (χ0v) is 19.4. The number of benzene rings is 1. The van der Waals surface area contributed by atoms with Crippen LogP contribution in [0.4, 0.5) is 0 Å². The molecule has 1 atom stereocenters. The number of aromatic nitrogens is 2. The van der Waals surface area contributed by atoms with Gasteiger partial charge >= 0.3 is 0 Å². The molecule has 0 bridgehead atoms. The molecule has 0 spiro atoms. The largest absolute Gasteiger partial charge is 0.381 e. The monoisotopic (exact) mass is 443 g/mol. The summed E-state index contributed by atoms with van der Waals surface area (Å²) in [5.41, 5.74) is 2.46. The van der Waals surface area contributed by atoms with Crippen LogP contribution in [0.1, 0.15) is 37.3 Å². The van der Waals surface area contributed by atoms with E-state index < -0.39 is 0 Å². The summed E-state index contributed by atoms with van der Waals surface area (Å²) in [6.45, 7) is 7.32. The van der Waals surface area contributed by atoms with E-state index in [1.165, 1.54) is 17.5 Å². The van der Waals surface area contributed by atoms with Crippen LogP contribution >= 0.6 is 11.6 Å². The maximum atomic E-state index is 6.63. The lowest BCUT2D eigenvalue weighted by Crippen LogP contribution is -2.43. The molecule has 31 heavy (non-hydrogen) atoms. The second-order valence-corrected chi connectivity index (χ2v) is 9.28. The van der Waals surface area contributed by atoms with Crippen LogP contribution in [-0.4, -0.2) is 60.0 Å². The fraction of sp³-hybridized carbons (Fsp3) is 0.583. The van der Waals surface area contributed by atoms with Crippen LogP contribution in [0.5, 0.6) is 0 Å². The van der Waals surface area contributed by atoms with Crippen molar-refractivity contribution in [2.75, 3.05) is 39.4 Å². The van der Waals surface area contributed by atoms with Gasteiger partial charge in [0.25, 0.3) is 0 Å². The fourth-order valence-corrected chi connectivity index (χ4v) is 5.26. The summed E-state index contributed by atoms with van der Waals surface area (Å²) in [6, 6.07) is 8.23. The summed E-state index contributed by atoms with van der Waals surface area (Å²) in [5.74, 6) is 1.66. The van der Waals surface area contributed by atoms with Gasteiger partial charge in [-0.3, -0.25) is 9.67 Å². The van der Waals surface area contributed by atoms with E-state index in [2.05, 4.69) is 40.6 Å². The Morgan fingerprint density at radius 3 is 2.84 bits per heavy atom. The summed E-state index contributed by atoms with van der Waals surface area (Å²) in [7, 11) is 1.98. The van der Waals surface area contributed by atoms with E-state index in [0.29, 0.717) is 5.92 Å². The molecule has 0 radical (unpaired) electrons. The number of halogens is 1. The summed E-state index contributed by atoms with van der Waals surface area (Å²) in [6.07, 6.45) is 8.26. The first-order chi connectivity index (χ1) is 15.1. The predicted molar refractivity (Wildman–Crippen MR) is 126 cm³/mol. The quantitative estimate of drug-likeness (QED) is 0.547. The van der Waals surface area contributed by atoms with Crippen molar-refractivity contribution in [2.24, 2.45) is 18.0 Å². The minimum Gasteiger partial charge on any atom is -0.381 e. The standard InChI is InChI=1S/C24H34ClN5O/c1-3-26-23(30-11-8-19(17-30)14-20-15-28-29(2)16-20)27-18-24(9-12-31-13-10-24)21-6-4-5-7-22(21)25/h4-7,15-16,19H,3,8-14,17-18H2,1-2H3,(H,26,27). The molecule has 3 heterocycles. The number of nitrogens with zero attached hydrogens (tertiary/aromatic N) is 4. The van der Waals surface area contributed by atoms with Gasteiger partial charge in [-0.05, 0) is 55.7 Å². The van der Waals surface area contributed by atoms with Crippen LogP contribution in [0.25, 0.3) is 0 Å². The Morgan fingerprint density at radius 2 is 2.13 bits per heavy atom. The van der Waals surface area contributed by atoms with Crippen LogP contribution < -0.4 is 5.32 Å². The predicted octanol–water partition coefficient (Wildman–Crippen LogP) is 3.65. The van der Waals surface area contributed by atoms with Crippen LogP contribution in [0.15, 0.2) is 41.7 Å². The molecule has 1 unspecified atom stereocenters. The van der Waals surface area contributed by atoms with E-state index in [1.807, 2.05) is 30.1 Å². The zero-order valence-electron chi connectivity index (χ0n) is 18.7. The van der Waals surface area contributed by atoms with Gasteiger partial charge in [0.05, 0.1) is 12.7 Å². The molecule has 2 aromatic rings. The molecule has 4 rings (SSSR count). The average Bonchev–Trinajstić information content (AvgIpc) is 3.41. The topological polar surface area (TPSA) is 54.7 Å². The third kappa shape index (κ3) is 5.24. The molecule has 0 aliphatic carbocycles. The van der Waals surface area contributed by atoms with Crippen LogP contribution in [0.3, 0.4) is 0 Å². The molecule has 7 heteroatoms. The van der Waals surface area contributed by atoms with E-state index in [9.17, 15) is 0 Å². The molecule has 2 saturated heterocycles. The summed E-state index contributed by atoms with van der Waals surface area (Å²) in [4.78, 5) is 7.58. The highest BCUT2D eigenvalue weighted by Gasteiger charge is 2.36. The van der Waals surface area contributed by atoms with E-state index in [-0.39, 0.29) is 5.41 Å². The first-order valence-corrected chi connectivity index (χ1v) is 11.8. The van der Waals surface area contributed by atoms with Crippen molar-refractivity contribution in [2.45, 2.75) is 38.0 Å². The third-order valence-corrected chi connectivity index (χ3v) is 6.96. The molecule has 0 amide bonds. The van der Waals surface area contributed by atoms with Gasteiger partial charge in [-0.1, -0.05) is 29.8 Å². The Labute approximate surface area is 190 Å². The lowest BCUT2D eigenvalue weighted by Gasteiger charge is -2.37. The van der Waals surface area contributed by atoms with Crippen LogP contribution in [0.2, 0.25) is 5.02 Å². The lowest BCUT2D eigenvalue weighted by atomic mass is 9.74. The van der Waals surface area contributed by atoms with Crippen molar-refractivity contribution in [3.05, 3.63) is 52.8 Å². The number of guanidine groups is 1. The third-order valence-electron chi connectivity index (χ3n) is 6.63.